The number of hydrogen-bond acceptors (Lipinski definition) is 2. The third kappa shape index (κ3) is 3.54. The summed E-state index contributed by atoms with van der Waals surface area (Å²) >= 11 is 0. The fraction of sp³-hybridized carbons (Fsp3) is 0.556. The number of rotatable bonds is 4. The molecule has 2 amide bonds. The van der Waals surface area contributed by atoms with Gasteiger partial charge in [0, 0.05) is 37.4 Å². The molecule has 5 heteroatoms. The van der Waals surface area contributed by atoms with Gasteiger partial charge >= 0.3 is 0 Å². The second kappa shape index (κ2) is 6.30. The van der Waals surface area contributed by atoms with Gasteiger partial charge in [-0.3, -0.25) is 9.59 Å². The van der Waals surface area contributed by atoms with Gasteiger partial charge in [-0.2, -0.15) is 0 Å². The molecule has 0 unspecified atom stereocenters. The Kier molecular flexibility index (Phi) is 4.37. The van der Waals surface area contributed by atoms with Crippen LogP contribution in [-0.4, -0.2) is 35.3 Å². The summed E-state index contributed by atoms with van der Waals surface area (Å²) in [6.07, 6.45) is 3.24. The number of nitrogens with zero attached hydrogens (tertiary/aromatic N) is 1. The van der Waals surface area contributed by atoms with Gasteiger partial charge in [-0.15, -0.1) is 0 Å². The van der Waals surface area contributed by atoms with Crippen molar-refractivity contribution in [2.24, 2.45) is 0 Å². The number of amides is 2. The van der Waals surface area contributed by atoms with Crippen molar-refractivity contribution in [3.05, 3.63) is 35.6 Å². The van der Waals surface area contributed by atoms with Crippen molar-refractivity contribution in [1.29, 1.82) is 0 Å². The van der Waals surface area contributed by atoms with Crippen molar-refractivity contribution >= 4 is 11.8 Å². The quantitative estimate of drug-likeness (QED) is 0.927. The monoisotopic (exact) mass is 318 g/mol. The molecule has 1 N–H and O–H groups in total. The number of benzene rings is 1. The van der Waals surface area contributed by atoms with E-state index < -0.39 is 0 Å². The molecule has 2 aliphatic heterocycles. The van der Waals surface area contributed by atoms with Crippen LogP contribution in [0.2, 0.25) is 0 Å². The van der Waals surface area contributed by atoms with E-state index in [2.05, 4.69) is 5.32 Å². The third-order valence-corrected chi connectivity index (χ3v) is 5.12. The lowest BCUT2D eigenvalue weighted by atomic mass is 9.94. The minimum absolute atomic E-state index is 0.0701. The summed E-state index contributed by atoms with van der Waals surface area (Å²) in [6.45, 7) is 3.26. The molecule has 0 bridgehead atoms. The average Bonchev–Trinajstić information content (AvgIpc) is 3.13. The Labute approximate surface area is 136 Å². The first-order valence-corrected chi connectivity index (χ1v) is 8.30. The van der Waals surface area contributed by atoms with E-state index in [1.165, 1.54) is 6.07 Å². The minimum atomic E-state index is -0.253. The van der Waals surface area contributed by atoms with Crippen molar-refractivity contribution < 1.29 is 14.0 Å². The normalized spacial score (nSPS) is 27.3. The smallest absolute Gasteiger partial charge is 0.222 e. The molecule has 1 aromatic carbocycles. The summed E-state index contributed by atoms with van der Waals surface area (Å²) < 4.78 is 13.9. The zero-order chi connectivity index (χ0) is 16.4. The van der Waals surface area contributed by atoms with E-state index in [0.29, 0.717) is 37.9 Å². The van der Waals surface area contributed by atoms with Gasteiger partial charge in [-0.25, -0.2) is 4.39 Å². The van der Waals surface area contributed by atoms with Crippen LogP contribution in [0.5, 0.6) is 0 Å². The standard InChI is InChI=1S/C18H23FN2O2/c1-18(9-6-16(22)20-18)10-7-17(23)21-11-8-13(12-21)14-4-2-3-5-15(14)19/h2-5,13H,6-12H2,1H3,(H,20,22)/t13-,18+/m1/s1. The highest BCUT2D eigenvalue weighted by Crippen LogP contribution is 2.30. The Morgan fingerprint density at radius 3 is 2.91 bits per heavy atom. The van der Waals surface area contributed by atoms with Crippen LogP contribution in [-0.2, 0) is 9.59 Å². The van der Waals surface area contributed by atoms with Gasteiger partial charge in [0.05, 0.1) is 0 Å². The van der Waals surface area contributed by atoms with E-state index in [4.69, 9.17) is 0 Å². The lowest BCUT2D eigenvalue weighted by molar-refractivity contribution is -0.130. The first-order valence-electron chi connectivity index (χ1n) is 8.30. The topological polar surface area (TPSA) is 49.4 Å². The molecule has 2 aliphatic rings. The molecule has 0 aliphatic carbocycles. The van der Waals surface area contributed by atoms with E-state index in [9.17, 15) is 14.0 Å². The summed E-state index contributed by atoms with van der Waals surface area (Å²) in [5.41, 5.74) is 0.454. The van der Waals surface area contributed by atoms with E-state index in [-0.39, 0.29) is 29.1 Å². The lowest BCUT2D eigenvalue weighted by Gasteiger charge is -2.25. The Morgan fingerprint density at radius 1 is 1.43 bits per heavy atom. The molecule has 3 rings (SSSR count). The predicted molar refractivity (Wildman–Crippen MR) is 85.4 cm³/mol. The first-order chi connectivity index (χ1) is 11.0. The predicted octanol–water partition coefficient (Wildman–Crippen LogP) is 2.59. The Balaban J connectivity index is 1.54. The average molecular weight is 318 g/mol. The third-order valence-electron chi connectivity index (χ3n) is 5.12. The van der Waals surface area contributed by atoms with Gasteiger partial charge in [0.15, 0.2) is 0 Å². The second-order valence-corrected chi connectivity index (χ2v) is 6.96. The Hall–Kier alpha value is -1.91. The van der Waals surface area contributed by atoms with Crippen molar-refractivity contribution in [2.45, 2.75) is 50.5 Å². The molecular formula is C18H23FN2O2. The maximum Gasteiger partial charge on any atom is 0.222 e. The van der Waals surface area contributed by atoms with Crippen molar-refractivity contribution in [3.63, 3.8) is 0 Å². The first kappa shape index (κ1) is 16.0. The number of nitrogens with one attached hydrogen (secondary N) is 1. The zero-order valence-corrected chi connectivity index (χ0v) is 13.5. The van der Waals surface area contributed by atoms with Crippen LogP contribution < -0.4 is 5.32 Å². The van der Waals surface area contributed by atoms with Crippen molar-refractivity contribution in [1.82, 2.24) is 10.2 Å². The number of carbonyl (C=O) groups is 2. The minimum Gasteiger partial charge on any atom is -0.351 e. The Bertz CT molecular complexity index is 619. The summed E-state index contributed by atoms with van der Waals surface area (Å²) in [5.74, 6) is 0.0712. The Morgan fingerprint density at radius 2 is 2.22 bits per heavy atom. The van der Waals surface area contributed by atoms with Gasteiger partial charge < -0.3 is 10.2 Å². The van der Waals surface area contributed by atoms with Crippen LogP contribution in [0.15, 0.2) is 24.3 Å². The molecule has 0 saturated carbocycles. The summed E-state index contributed by atoms with van der Waals surface area (Å²) in [7, 11) is 0. The highest BCUT2D eigenvalue weighted by molar-refractivity contribution is 5.80. The van der Waals surface area contributed by atoms with Crippen LogP contribution in [0.25, 0.3) is 0 Å². The molecule has 2 fully saturated rings. The fourth-order valence-electron chi connectivity index (χ4n) is 3.63. The van der Waals surface area contributed by atoms with Crippen LogP contribution in [0, 0.1) is 5.82 Å². The van der Waals surface area contributed by atoms with E-state index in [1.54, 1.807) is 6.07 Å². The molecule has 2 heterocycles. The fourth-order valence-corrected chi connectivity index (χ4v) is 3.63. The molecule has 23 heavy (non-hydrogen) atoms. The number of likely N-dealkylation sites (tertiary alicyclic amines) is 1. The molecule has 2 saturated heterocycles. The van der Waals surface area contributed by atoms with Crippen LogP contribution in [0.1, 0.15) is 50.5 Å². The summed E-state index contributed by atoms with van der Waals surface area (Å²) in [4.78, 5) is 25.6. The van der Waals surface area contributed by atoms with Crippen LogP contribution in [0.3, 0.4) is 0 Å². The molecular weight excluding hydrogens is 295 g/mol. The number of hydrogen-bond donors (Lipinski definition) is 1. The number of carbonyl (C=O) groups excluding carboxylic acids is 2. The van der Waals surface area contributed by atoms with Crippen LogP contribution >= 0.6 is 0 Å². The van der Waals surface area contributed by atoms with Gasteiger partial charge in [0.2, 0.25) is 11.8 Å². The van der Waals surface area contributed by atoms with E-state index in [1.807, 2.05) is 24.0 Å². The molecule has 0 aromatic heterocycles. The van der Waals surface area contributed by atoms with Crippen molar-refractivity contribution in [2.75, 3.05) is 13.1 Å². The van der Waals surface area contributed by atoms with E-state index >= 15 is 0 Å². The SMILES string of the molecule is C[C@@]1(CCC(=O)N2CC[C@@H](c3ccccc3F)C2)CCC(=O)N1. The van der Waals surface area contributed by atoms with Gasteiger partial charge in [-0.05, 0) is 37.8 Å². The van der Waals surface area contributed by atoms with Crippen molar-refractivity contribution in [3.8, 4) is 0 Å². The van der Waals surface area contributed by atoms with Gasteiger partial charge in [-0.1, -0.05) is 18.2 Å². The van der Waals surface area contributed by atoms with E-state index in [0.717, 1.165) is 12.8 Å². The molecule has 2 atom stereocenters. The lowest BCUT2D eigenvalue weighted by Crippen LogP contribution is -2.40. The molecule has 0 spiro atoms. The van der Waals surface area contributed by atoms with Gasteiger partial charge in [0.1, 0.15) is 5.82 Å². The summed E-state index contributed by atoms with van der Waals surface area (Å²) in [5, 5.41) is 2.96. The second-order valence-electron chi connectivity index (χ2n) is 6.96. The molecule has 1 aromatic rings. The molecule has 124 valence electrons. The van der Waals surface area contributed by atoms with Crippen LogP contribution in [0.4, 0.5) is 4.39 Å². The maximum atomic E-state index is 13.9. The highest BCUT2D eigenvalue weighted by atomic mass is 19.1. The summed E-state index contributed by atoms with van der Waals surface area (Å²) in [6, 6.07) is 6.81. The molecule has 4 nitrogen and oxygen atoms in total. The zero-order valence-electron chi connectivity index (χ0n) is 13.5. The van der Waals surface area contributed by atoms with Gasteiger partial charge in [0.25, 0.3) is 0 Å². The maximum absolute atomic E-state index is 13.9. The number of halogens is 1. The highest BCUT2D eigenvalue weighted by Gasteiger charge is 2.34. The largest absolute Gasteiger partial charge is 0.351 e. The molecule has 0 radical (unpaired) electrons.